The Kier molecular flexibility index (Phi) is 7.65. The van der Waals surface area contributed by atoms with E-state index in [9.17, 15) is 4.79 Å². The van der Waals surface area contributed by atoms with Crippen LogP contribution in [0.4, 0.5) is 0 Å². The fraction of sp³-hybridized carbons (Fsp3) is 0.562. The van der Waals surface area contributed by atoms with Crippen LogP contribution < -0.4 is 15.4 Å². The topological polar surface area (TPSA) is 59.6 Å². The molecule has 5 nitrogen and oxygen atoms in total. The van der Waals surface area contributed by atoms with Gasteiger partial charge in [-0.1, -0.05) is 12.1 Å². The Morgan fingerprint density at radius 2 is 2.00 bits per heavy atom. The second-order valence-corrected chi connectivity index (χ2v) is 5.55. The number of halogens is 1. The number of carbonyl (C=O) groups is 1. The molecular weight excluding hydrogens is 304 g/mol. The first kappa shape index (κ1) is 18.7. The summed E-state index contributed by atoms with van der Waals surface area (Å²) in [7, 11) is 0. The van der Waals surface area contributed by atoms with Crippen LogP contribution >= 0.6 is 12.4 Å². The first-order valence-corrected chi connectivity index (χ1v) is 7.44. The predicted molar refractivity (Wildman–Crippen MR) is 88.6 cm³/mol. The number of hydrogen-bond donors (Lipinski definition) is 2. The second kappa shape index (κ2) is 8.98. The van der Waals surface area contributed by atoms with Gasteiger partial charge in [-0.3, -0.25) is 4.79 Å². The van der Waals surface area contributed by atoms with Crippen molar-refractivity contribution in [2.75, 3.05) is 19.8 Å². The van der Waals surface area contributed by atoms with Crippen LogP contribution in [0, 0.1) is 0 Å². The lowest BCUT2D eigenvalue weighted by molar-refractivity contribution is -0.126. The lowest BCUT2D eigenvalue weighted by Gasteiger charge is -2.25. The quantitative estimate of drug-likeness (QED) is 0.868. The maximum Gasteiger partial charge on any atom is 0.240 e. The van der Waals surface area contributed by atoms with Crippen molar-refractivity contribution in [3.8, 4) is 5.75 Å². The molecule has 1 amide bonds. The van der Waals surface area contributed by atoms with Crippen molar-refractivity contribution in [1.82, 2.24) is 10.6 Å². The van der Waals surface area contributed by atoms with E-state index in [2.05, 4.69) is 10.6 Å². The molecule has 1 aromatic carbocycles. The molecule has 2 unspecified atom stereocenters. The molecule has 0 saturated carbocycles. The number of hydrogen-bond acceptors (Lipinski definition) is 4. The standard InChI is InChI=1S/C16H24N2O3.ClH/c1-11(2)21-14-6-4-13(5-7-14)12(3)18-16(19)15-10-20-9-8-17-15;/h4-7,11-12,15,17H,8-10H2,1-3H3,(H,18,19);1H. The van der Waals surface area contributed by atoms with E-state index >= 15 is 0 Å². The molecule has 0 radical (unpaired) electrons. The van der Waals surface area contributed by atoms with Gasteiger partial charge in [-0.25, -0.2) is 0 Å². The lowest BCUT2D eigenvalue weighted by Crippen LogP contribution is -2.51. The number of morpholine rings is 1. The summed E-state index contributed by atoms with van der Waals surface area (Å²) in [5.41, 5.74) is 1.05. The van der Waals surface area contributed by atoms with Crippen molar-refractivity contribution >= 4 is 18.3 Å². The zero-order chi connectivity index (χ0) is 15.2. The van der Waals surface area contributed by atoms with Crippen molar-refractivity contribution in [3.05, 3.63) is 29.8 Å². The van der Waals surface area contributed by atoms with Gasteiger partial charge in [0.05, 0.1) is 25.4 Å². The Bertz CT molecular complexity index is 459. The molecule has 0 aliphatic carbocycles. The largest absolute Gasteiger partial charge is 0.491 e. The zero-order valence-electron chi connectivity index (χ0n) is 13.3. The summed E-state index contributed by atoms with van der Waals surface area (Å²) in [5.74, 6) is 0.819. The fourth-order valence-electron chi connectivity index (χ4n) is 2.24. The van der Waals surface area contributed by atoms with E-state index in [1.807, 2.05) is 45.0 Å². The van der Waals surface area contributed by atoms with Gasteiger partial charge < -0.3 is 20.1 Å². The SMILES string of the molecule is CC(C)Oc1ccc(C(C)NC(=O)C2COCCN2)cc1.Cl. The van der Waals surface area contributed by atoms with Crippen molar-refractivity contribution in [2.45, 2.75) is 39.0 Å². The van der Waals surface area contributed by atoms with Crippen LogP contribution in [0.2, 0.25) is 0 Å². The summed E-state index contributed by atoms with van der Waals surface area (Å²) in [5, 5.41) is 6.15. The maximum atomic E-state index is 12.1. The highest BCUT2D eigenvalue weighted by molar-refractivity contribution is 5.85. The van der Waals surface area contributed by atoms with E-state index in [0.717, 1.165) is 11.3 Å². The van der Waals surface area contributed by atoms with Crippen LogP contribution in [0.15, 0.2) is 24.3 Å². The van der Waals surface area contributed by atoms with Crippen LogP contribution in [0.1, 0.15) is 32.4 Å². The third-order valence-corrected chi connectivity index (χ3v) is 3.35. The van der Waals surface area contributed by atoms with Crippen molar-refractivity contribution in [3.63, 3.8) is 0 Å². The van der Waals surface area contributed by atoms with E-state index in [4.69, 9.17) is 9.47 Å². The van der Waals surface area contributed by atoms with Gasteiger partial charge in [0.1, 0.15) is 11.8 Å². The molecule has 1 aromatic rings. The van der Waals surface area contributed by atoms with Crippen LogP contribution in [0.25, 0.3) is 0 Å². The first-order valence-electron chi connectivity index (χ1n) is 7.44. The van der Waals surface area contributed by atoms with E-state index < -0.39 is 0 Å². The summed E-state index contributed by atoms with van der Waals surface area (Å²) in [6.07, 6.45) is 0.158. The van der Waals surface area contributed by atoms with Gasteiger partial charge in [-0.05, 0) is 38.5 Å². The summed E-state index contributed by atoms with van der Waals surface area (Å²) >= 11 is 0. The Balaban J connectivity index is 0.00000242. The number of amides is 1. The molecule has 1 aliphatic rings. The molecule has 2 atom stereocenters. The molecule has 22 heavy (non-hydrogen) atoms. The molecule has 0 bridgehead atoms. The molecule has 1 saturated heterocycles. The van der Waals surface area contributed by atoms with Gasteiger partial charge in [0, 0.05) is 6.54 Å². The average Bonchev–Trinajstić information content (AvgIpc) is 2.48. The van der Waals surface area contributed by atoms with E-state index in [0.29, 0.717) is 19.8 Å². The number of benzene rings is 1. The molecule has 1 heterocycles. The number of rotatable bonds is 5. The van der Waals surface area contributed by atoms with Crippen LogP contribution in [-0.2, 0) is 9.53 Å². The third kappa shape index (κ3) is 5.48. The highest BCUT2D eigenvalue weighted by atomic mass is 35.5. The minimum atomic E-state index is -0.259. The predicted octanol–water partition coefficient (Wildman–Crippen LogP) is 2.06. The second-order valence-electron chi connectivity index (χ2n) is 5.55. The lowest BCUT2D eigenvalue weighted by atomic mass is 10.1. The van der Waals surface area contributed by atoms with Crippen LogP contribution in [-0.4, -0.2) is 37.8 Å². The molecule has 0 spiro atoms. The van der Waals surface area contributed by atoms with Crippen LogP contribution in [0.5, 0.6) is 5.75 Å². The van der Waals surface area contributed by atoms with Crippen molar-refractivity contribution < 1.29 is 14.3 Å². The van der Waals surface area contributed by atoms with Gasteiger partial charge in [-0.15, -0.1) is 12.4 Å². The summed E-state index contributed by atoms with van der Waals surface area (Å²) in [4.78, 5) is 12.1. The Hall–Kier alpha value is -1.30. The Morgan fingerprint density at radius 1 is 1.32 bits per heavy atom. The number of nitrogens with one attached hydrogen (secondary N) is 2. The summed E-state index contributed by atoms with van der Waals surface area (Å²) in [6.45, 7) is 7.77. The van der Waals surface area contributed by atoms with E-state index in [-0.39, 0.29) is 36.5 Å². The maximum absolute atomic E-state index is 12.1. The fourth-order valence-corrected chi connectivity index (χ4v) is 2.24. The van der Waals surface area contributed by atoms with Crippen molar-refractivity contribution in [2.24, 2.45) is 0 Å². The molecule has 1 fully saturated rings. The highest BCUT2D eigenvalue weighted by Crippen LogP contribution is 2.18. The molecule has 6 heteroatoms. The monoisotopic (exact) mass is 328 g/mol. The minimum absolute atomic E-state index is 0. The molecule has 0 aromatic heterocycles. The summed E-state index contributed by atoms with van der Waals surface area (Å²) in [6, 6.07) is 7.51. The third-order valence-electron chi connectivity index (χ3n) is 3.35. The van der Waals surface area contributed by atoms with E-state index in [1.54, 1.807) is 0 Å². The summed E-state index contributed by atoms with van der Waals surface area (Å²) < 4.78 is 10.9. The Labute approximate surface area is 138 Å². The van der Waals surface area contributed by atoms with Gasteiger partial charge >= 0.3 is 0 Å². The molecule has 1 aliphatic heterocycles. The minimum Gasteiger partial charge on any atom is -0.491 e. The number of ether oxygens (including phenoxy) is 2. The Morgan fingerprint density at radius 3 is 2.55 bits per heavy atom. The van der Waals surface area contributed by atoms with Gasteiger partial charge in [-0.2, -0.15) is 0 Å². The molecule has 124 valence electrons. The average molecular weight is 329 g/mol. The molecule has 2 N–H and O–H groups in total. The van der Waals surface area contributed by atoms with Crippen LogP contribution in [0.3, 0.4) is 0 Å². The molecule has 2 rings (SSSR count). The highest BCUT2D eigenvalue weighted by Gasteiger charge is 2.22. The van der Waals surface area contributed by atoms with Gasteiger partial charge in [0.2, 0.25) is 5.91 Å². The van der Waals surface area contributed by atoms with Gasteiger partial charge in [0.15, 0.2) is 0 Å². The smallest absolute Gasteiger partial charge is 0.240 e. The molecular formula is C16H25ClN2O3. The van der Waals surface area contributed by atoms with Crippen molar-refractivity contribution in [1.29, 1.82) is 0 Å². The normalized spacial score (nSPS) is 19.2. The van der Waals surface area contributed by atoms with Gasteiger partial charge in [0.25, 0.3) is 0 Å². The number of carbonyl (C=O) groups excluding carboxylic acids is 1. The zero-order valence-corrected chi connectivity index (χ0v) is 14.1. The first-order chi connectivity index (χ1) is 10.1. The van der Waals surface area contributed by atoms with E-state index in [1.165, 1.54) is 0 Å².